The van der Waals surface area contributed by atoms with Crippen molar-refractivity contribution in [2.24, 2.45) is 0 Å². The number of aromatic nitrogens is 4. The highest BCUT2D eigenvalue weighted by atomic mass is 15.3. The quantitative estimate of drug-likeness (QED) is 0.521. The maximum atomic E-state index is 7.13. The second-order valence-electron chi connectivity index (χ2n) is 1.43. The Morgan fingerprint density at radius 3 is 3.75 bits per heavy atom. The van der Waals surface area contributed by atoms with Crippen LogP contribution in [0.5, 0.6) is 0 Å². The Balaban J connectivity index is 2.99. The average Bonchev–Trinajstić information content (AvgIpc) is 2.35. The summed E-state index contributed by atoms with van der Waals surface area (Å²) in [5.74, 6) is 0.537. The molecule has 0 bridgehead atoms. The van der Waals surface area contributed by atoms with Gasteiger partial charge >= 0.3 is 0 Å². The van der Waals surface area contributed by atoms with Gasteiger partial charge in [-0.1, -0.05) is 0 Å². The third kappa shape index (κ3) is 0.294. The number of hydrogen-bond acceptors (Lipinski definition) is 2. The van der Waals surface area contributed by atoms with E-state index in [1.807, 2.05) is 0 Å². The second kappa shape index (κ2) is 1.09. The minimum Gasteiger partial charge on any atom is -0.313 e. The van der Waals surface area contributed by atoms with E-state index in [1.54, 1.807) is 12.4 Å². The van der Waals surface area contributed by atoms with Gasteiger partial charge in [0.15, 0.2) is 1.41 Å². The van der Waals surface area contributed by atoms with E-state index in [0.717, 1.165) is 4.98 Å². The third-order valence-corrected chi connectivity index (χ3v) is 0.952. The first-order valence-corrected chi connectivity index (χ1v) is 2.24. The van der Waals surface area contributed by atoms with Crippen molar-refractivity contribution in [3.8, 4) is 0 Å². The molecule has 40 valence electrons. The van der Waals surface area contributed by atoms with Crippen LogP contribution in [0, 0.1) is 0 Å². The maximum Gasteiger partial charge on any atom is 0.229 e. The number of aromatic amines is 1. The highest BCUT2D eigenvalue weighted by Gasteiger charge is 1.88. The summed E-state index contributed by atoms with van der Waals surface area (Å²) in [5, 5.41) is 3.81. The van der Waals surface area contributed by atoms with Gasteiger partial charge in [-0.05, 0) is 0 Å². The molecule has 0 fully saturated rings. The first-order valence-electron chi connectivity index (χ1n) is 2.68. The van der Waals surface area contributed by atoms with Crippen LogP contribution in [0.2, 0.25) is 1.41 Å². The van der Waals surface area contributed by atoms with Crippen molar-refractivity contribution in [3.05, 3.63) is 18.7 Å². The van der Waals surface area contributed by atoms with Crippen LogP contribution in [0.1, 0.15) is 0 Å². The molecule has 2 aromatic rings. The van der Waals surface area contributed by atoms with Gasteiger partial charge in [-0.3, -0.25) is 0 Å². The van der Waals surface area contributed by atoms with Crippen molar-refractivity contribution < 1.29 is 1.41 Å². The lowest BCUT2D eigenvalue weighted by Crippen LogP contribution is -1.75. The highest BCUT2D eigenvalue weighted by Crippen LogP contribution is 1.88. The molecule has 1 N–H and O–H groups in total. The monoisotopic (exact) mass is 110 g/mol. The number of H-pyrrole nitrogens is 1. The standard InChI is InChI=1S/C4H4N4/c1-2-8-4(5-1)6-3-7-8/h1-3H,(H,5,6,7)/i/hT. The van der Waals surface area contributed by atoms with Gasteiger partial charge in [-0.2, -0.15) is 5.10 Å². The van der Waals surface area contributed by atoms with Crippen LogP contribution in [0.3, 0.4) is 0 Å². The van der Waals surface area contributed by atoms with Crippen LogP contribution in [0.25, 0.3) is 5.78 Å². The molecule has 2 aromatic heterocycles. The fraction of sp³-hybridized carbons (Fsp3) is 0. The average molecular weight is 110 g/mol. The molecule has 2 rings (SSSR count). The van der Waals surface area contributed by atoms with E-state index in [1.165, 1.54) is 10.8 Å². The minimum absolute atomic E-state index is 0.537. The predicted molar refractivity (Wildman–Crippen MR) is 27.3 cm³/mol. The lowest BCUT2D eigenvalue weighted by Gasteiger charge is -1.69. The van der Waals surface area contributed by atoms with Gasteiger partial charge in [0.2, 0.25) is 5.78 Å². The minimum atomic E-state index is 0.537. The third-order valence-electron chi connectivity index (χ3n) is 0.952. The van der Waals surface area contributed by atoms with Gasteiger partial charge in [0.05, 0.1) is 6.20 Å². The lowest BCUT2D eigenvalue weighted by molar-refractivity contribution is 0.973. The van der Waals surface area contributed by atoms with Crippen molar-refractivity contribution in [2.75, 3.05) is 0 Å². The van der Waals surface area contributed by atoms with E-state index in [4.69, 9.17) is 1.41 Å². The molecule has 4 nitrogen and oxygen atoms in total. The van der Waals surface area contributed by atoms with Crippen molar-refractivity contribution >= 4 is 5.78 Å². The molecular formula is C4H4N4. The zero-order valence-corrected chi connectivity index (χ0v) is 4.02. The SMILES string of the molecule is [3H]n1cnn2ccnc12. The van der Waals surface area contributed by atoms with Crippen LogP contribution in [0.15, 0.2) is 18.7 Å². The molecule has 0 radical (unpaired) electrons. The van der Waals surface area contributed by atoms with Crippen molar-refractivity contribution in [3.63, 3.8) is 0 Å². The Labute approximate surface area is 46.6 Å². The van der Waals surface area contributed by atoms with E-state index in [0.29, 0.717) is 5.78 Å². The molecule has 0 unspecified atom stereocenters. The van der Waals surface area contributed by atoms with Crippen molar-refractivity contribution in [2.45, 2.75) is 0 Å². The van der Waals surface area contributed by atoms with E-state index >= 15 is 0 Å². The van der Waals surface area contributed by atoms with Gasteiger partial charge in [-0.15, -0.1) is 0 Å². The van der Waals surface area contributed by atoms with Gasteiger partial charge < -0.3 is 4.98 Å². The molecule has 0 aliphatic rings. The summed E-state index contributed by atoms with van der Waals surface area (Å²) in [7, 11) is 0. The molecule has 0 atom stereocenters. The summed E-state index contributed by atoms with van der Waals surface area (Å²) in [5.41, 5.74) is 0. The Morgan fingerprint density at radius 2 is 2.88 bits per heavy atom. The molecule has 0 saturated heterocycles. The Hall–Kier alpha value is -1.32. The molecule has 8 heavy (non-hydrogen) atoms. The van der Waals surface area contributed by atoms with Gasteiger partial charge in [0, 0.05) is 6.20 Å². The maximum absolute atomic E-state index is 7.13. The molecule has 0 aliphatic carbocycles. The van der Waals surface area contributed by atoms with Crippen LogP contribution < -0.4 is 0 Å². The number of rotatable bonds is 0. The summed E-state index contributed by atoms with van der Waals surface area (Å²) in [6, 6.07) is 0. The predicted octanol–water partition coefficient (Wildman–Crippen LogP) is 0.0574. The second-order valence-corrected chi connectivity index (χ2v) is 1.43. The fourth-order valence-corrected chi connectivity index (χ4v) is 0.605. The van der Waals surface area contributed by atoms with Gasteiger partial charge in [0.25, 0.3) is 0 Å². The van der Waals surface area contributed by atoms with Crippen molar-refractivity contribution in [1.29, 1.82) is 0 Å². The van der Waals surface area contributed by atoms with Gasteiger partial charge in [0.1, 0.15) is 6.33 Å². The van der Waals surface area contributed by atoms with Crippen molar-refractivity contribution in [1.82, 2.24) is 19.6 Å². The van der Waals surface area contributed by atoms with E-state index in [-0.39, 0.29) is 0 Å². The smallest absolute Gasteiger partial charge is 0.229 e. The number of nitrogens with one attached hydrogen (secondary N) is 1. The largest absolute Gasteiger partial charge is 0.313 e. The molecule has 0 amide bonds. The number of hydrogen-bond donors (Lipinski definition) is 1. The summed E-state index contributed by atoms with van der Waals surface area (Å²) < 4.78 is 8.67. The Morgan fingerprint density at radius 1 is 1.88 bits per heavy atom. The van der Waals surface area contributed by atoms with Crippen LogP contribution in [0.4, 0.5) is 0 Å². The van der Waals surface area contributed by atoms with E-state index in [9.17, 15) is 0 Å². The van der Waals surface area contributed by atoms with Gasteiger partial charge in [-0.25, -0.2) is 9.50 Å². The first kappa shape index (κ1) is 2.86. The summed E-state index contributed by atoms with van der Waals surface area (Å²) in [4.78, 5) is 4.97. The zero-order chi connectivity index (χ0) is 6.27. The zero-order valence-electron chi connectivity index (χ0n) is 5.02. The summed E-state index contributed by atoms with van der Waals surface area (Å²) in [6.07, 6.45) is 4.69. The number of imidazole rings is 1. The molecule has 0 spiro atoms. The molecule has 0 aromatic carbocycles. The van der Waals surface area contributed by atoms with Crippen LogP contribution >= 0.6 is 0 Å². The van der Waals surface area contributed by atoms with E-state index in [2.05, 4.69) is 10.1 Å². The Kier molecular flexibility index (Phi) is 0.390. The Bertz CT molecular complexity index is 322. The normalized spacial score (nSPS) is 12.2. The summed E-state index contributed by atoms with van der Waals surface area (Å²) >= 11 is 0. The number of fused-ring (bicyclic) bond motifs is 1. The first-order chi connectivity index (χ1) is 4.38. The lowest BCUT2D eigenvalue weighted by atomic mass is 11.0. The topological polar surface area (TPSA) is 46.0 Å². The molecule has 2 heterocycles. The van der Waals surface area contributed by atoms with Crippen LogP contribution in [-0.4, -0.2) is 19.6 Å². The molecule has 0 aliphatic heterocycles. The highest BCUT2D eigenvalue weighted by molar-refractivity contribution is 5.22. The molecule has 0 saturated carbocycles. The summed E-state index contributed by atoms with van der Waals surface area (Å²) in [6.45, 7) is 0. The molecule has 4 heteroatoms. The fourth-order valence-electron chi connectivity index (χ4n) is 0.605. The van der Waals surface area contributed by atoms with Crippen LogP contribution in [-0.2, 0) is 0 Å². The molecular weight excluding hydrogens is 104 g/mol. The number of nitrogens with zero attached hydrogens (tertiary/aromatic N) is 3. The van der Waals surface area contributed by atoms with E-state index < -0.39 is 0 Å².